The highest BCUT2D eigenvalue weighted by Gasteiger charge is 2.48. The summed E-state index contributed by atoms with van der Waals surface area (Å²) in [5.41, 5.74) is 2.77. The fourth-order valence-electron chi connectivity index (χ4n) is 5.48. The number of thioether (sulfide) groups is 1. The molecule has 0 spiro atoms. The Labute approximate surface area is 280 Å². The molecule has 3 aromatic carbocycles. The Bertz CT molecular complexity index is 1830. The van der Waals surface area contributed by atoms with Crippen LogP contribution in [0.5, 0.6) is 17.2 Å². The van der Waals surface area contributed by atoms with Gasteiger partial charge in [-0.2, -0.15) is 0 Å². The Morgan fingerprint density at radius 2 is 1.91 bits per heavy atom. The minimum absolute atomic E-state index is 0.00536. The van der Waals surface area contributed by atoms with Crippen LogP contribution in [0.2, 0.25) is 5.02 Å². The van der Waals surface area contributed by atoms with Crippen LogP contribution in [0.25, 0.3) is 5.76 Å². The summed E-state index contributed by atoms with van der Waals surface area (Å²) in [6.45, 7) is 6.72. The number of nitrogens with zero attached hydrogens (tertiary/aromatic N) is 3. The maximum absolute atomic E-state index is 13.8. The second-order valence-corrected chi connectivity index (χ2v) is 13.4. The SMILES string of the molecule is CCCOc1ccc(C2/C(=C(\O)c3ccc4c(c3)CC(C)O4)C(=O)C(=O)N2c2nnc(SCc3ccccc3Cl)s2)cc1OCC. The van der Waals surface area contributed by atoms with Crippen molar-refractivity contribution in [2.24, 2.45) is 0 Å². The first-order valence-electron chi connectivity index (χ1n) is 15.0. The van der Waals surface area contributed by atoms with E-state index in [9.17, 15) is 14.7 Å². The van der Waals surface area contributed by atoms with Gasteiger partial charge in [0.15, 0.2) is 15.8 Å². The second-order valence-electron chi connectivity index (χ2n) is 10.8. The molecule has 9 nitrogen and oxygen atoms in total. The van der Waals surface area contributed by atoms with Crippen molar-refractivity contribution in [3.8, 4) is 17.2 Å². The number of hydrogen-bond acceptors (Lipinski definition) is 10. The predicted octanol–water partition coefficient (Wildman–Crippen LogP) is 7.62. The lowest BCUT2D eigenvalue weighted by Crippen LogP contribution is -2.29. The van der Waals surface area contributed by atoms with Gasteiger partial charge in [-0.1, -0.05) is 65.9 Å². The molecule has 0 bridgehead atoms. The van der Waals surface area contributed by atoms with Crippen LogP contribution < -0.4 is 19.1 Å². The number of benzene rings is 3. The van der Waals surface area contributed by atoms with E-state index < -0.39 is 17.7 Å². The molecule has 0 aliphatic carbocycles. The number of rotatable bonds is 11. The van der Waals surface area contributed by atoms with Crippen molar-refractivity contribution in [3.63, 3.8) is 0 Å². The number of Topliss-reactive ketones (excluding diaryl/α,β-unsaturated/α-hetero) is 1. The maximum atomic E-state index is 13.8. The molecule has 1 fully saturated rings. The molecule has 0 saturated carbocycles. The molecule has 6 rings (SSSR count). The van der Waals surface area contributed by atoms with E-state index in [-0.39, 0.29) is 22.6 Å². The number of aliphatic hydroxyl groups is 1. The summed E-state index contributed by atoms with van der Waals surface area (Å²) in [4.78, 5) is 28.9. The van der Waals surface area contributed by atoms with E-state index in [4.69, 9.17) is 25.8 Å². The number of aromatic nitrogens is 2. The highest BCUT2D eigenvalue weighted by atomic mass is 35.5. The van der Waals surface area contributed by atoms with Crippen LogP contribution in [0.15, 0.2) is 70.6 Å². The predicted molar refractivity (Wildman–Crippen MR) is 179 cm³/mol. The third kappa shape index (κ3) is 6.31. The highest BCUT2D eigenvalue weighted by Crippen LogP contribution is 2.46. The van der Waals surface area contributed by atoms with Crippen LogP contribution in [-0.4, -0.2) is 46.3 Å². The molecule has 1 saturated heterocycles. The van der Waals surface area contributed by atoms with Gasteiger partial charge in [0.1, 0.15) is 17.6 Å². The summed E-state index contributed by atoms with van der Waals surface area (Å²) in [5.74, 6) is 0.386. The third-order valence-electron chi connectivity index (χ3n) is 7.57. The summed E-state index contributed by atoms with van der Waals surface area (Å²) in [7, 11) is 0. The molecular formula is C34H32ClN3O6S2. The Morgan fingerprint density at radius 3 is 2.70 bits per heavy atom. The fourth-order valence-corrected chi connectivity index (χ4v) is 7.63. The van der Waals surface area contributed by atoms with Gasteiger partial charge in [-0.05, 0) is 73.4 Å². The fraction of sp³-hybridized carbons (Fsp3) is 0.294. The van der Waals surface area contributed by atoms with Crippen molar-refractivity contribution in [2.75, 3.05) is 18.1 Å². The first-order chi connectivity index (χ1) is 22.3. The zero-order valence-electron chi connectivity index (χ0n) is 25.5. The third-order valence-corrected chi connectivity index (χ3v) is 10.0. The van der Waals surface area contributed by atoms with E-state index in [1.54, 1.807) is 36.4 Å². The average Bonchev–Trinajstić information content (AvgIpc) is 3.74. The molecule has 1 amide bonds. The van der Waals surface area contributed by atoms with Gasteiger partial charge in [0.25, 0.3) is 5.78 Å². The molecule has 1 aromatic heterocycles. The Kier molecular flexibility index (Phi) is 9.53. The topological polar surface area (TPSA) is 111 Å². The molecule has 3 heterocycles. The average molecular weight is 678 g/mol. The number of hydrogen-bond donors (Lipinski definition) is 1. The van der Waals surface area contributed by atoms with E-state index >= 15 is 0 Å². The Balaban J connectivity index is 1.43. The van der Waals surface area contributed by atoms with Gasteiger partial charge in [0.2, 0.25) is 5.13 Å². The van der Waals surface area contributed by atoms with Crippen LogP contribution >= 0.6 is 34.7 Å². The van der Waals surface area contributed by atoms with Gasteiger partial charge in [0, 0.05) is 22.8 Å². The number of anilines is 1. The molecular weight excluding hydrogens is 646 g/mol. The number of halogens is 1. The summed E-state index contributed by atoms with van der Waals surface area (Å²) < 4.78 is 18.2. The van der Waals surface area contributed by atoms with Crippen LogP contribution in [0, 0.1) is 0 Å². The van der Waals surface area contributed by atoms with E-state index in [1.807, 2.05) is 45.0 Å². The lowest BCUT2D eigenvalue weighted by molar-refractivity contribution is -0.132. The van der Waals surface area contributed by atoms with Crippen molar-refractivity contribution >= 4 is 57.3 Å². The van der Waals surface area contributed by atoms with Crippen LogP contribution in [0.3, 0.4) is 0 Å². The molecule has 2 aliphatic rings. The Morgan fingerprint density at radius 1 is 1.09 bits per heavy atom. The normalized spacial score (nSPS) is 18.5. The summed E-state index contributed by atoms with van der Waals surface area (Å²) in [6.07, 6.45) is 1.49. The zero-order valence-corrected chi connectivity index (χ0v) is 27.9. The minimum atomic E-state index is -1.00. The van der Waals surface area contributed by atoms with Crippen molar-refractivity contribution in [3.05, 3.63) is 93.5 Å². The van der Waals surface area contributed by atoms with E-state index in [0.717, 1.165) is 23.3 Å². The zero-order chi connectivity index (χ0) is 32.4. The van der Waals surface area contributed by atoms with Crippen molar-refractivity contribution < 1.29 is 28.9 Å². The van der Waals surface area contributed by atoms with E-state index in [2.05, 4.69) is 10.2 Å². The molecule has 0 radical (unpaired) electrons. The highest BCUT2D eigenvalue weighted by molar-refractivity contribution is 8.00. The number of carbonyl (C=O) groups is 2. The van der Waals surface area contributed by atoms with Gasteiger partial charge < -0.3 is 19.3 Å². The number of amides is 1. The summed E-state index contributed by atoms with van der Waals surface area (Å²) >= 11 is 8.96. The van der Waals surface area contributed by atoms with E-state index in [1.165, 1.54) is 28.0 Å². The molecule has 46 heavy (non-hydrogen) atoms. The lowest BCUT2D eigenvalue weighted by atomic mass is 9.94. The van der Waals surface area contributed by atoms with Crippen LogP contribution in [-0.2, 0) is 21.8 Å². The van der Waals surface area contributed by atoms with Crippen LogP contribution in [0.1, 0.15) is 55.5 Å². The number of ketones is 1. The minimum Gasteiger partial charge on any atom is -0.507 e. The largest absolute Gasteiger partial charge is 0.507 e. The Hall–Kier alpha value is -4.06. The van der Waals surface area contributed by atoms with E-state index in [0.29, 0.717) is 57.4 Å². The lowest BCUT2D eigenvalue weighted by Gasteiger charge is -2.23. The molecule has 2 aliphatic heterocycles. The number of ether oxygens (including phenoxy) is 3. The number of aliphatic hydroxyl groups excluding tert-OH is 1. The summed E-state index contributed by atoms with van der Waals surface area (Å²) in [5, 5.41) is 21.2. The first kappa shape index (κ1) is 31.9. The quantitative estimate of drug-likeness (QED) is 0.0563. The molecule has 4 aromatic rings. The first-order valence-corrected chi connectivity index (χ1v) is 17.2. The molecule has 2 atom stereocenters. The van der Waals surface area contributed by atoms with Crippen molar-refractivity contribution in [2.45, 2.75) is 55.9 Å². The molecule has 1 N–H and O–H groups in total. The summed E-state index contributed by atoms with van der Waals surface area (Å²) in [6, 6.07) is 17.1. The van der Waals surface area contributed by atoms with Crippen molar-refractivity contribution in [1.82, 2.24) is 10.2 Å². The standard InChI is InChI=1S/C34H32ClN3O6S2/c1-4-14-43-26-13-10-20(17-27(26)42-5-2)29-28(30(39)21-11-12-25-23(16-21)15-19(3)44-25)31(40)32(41)38(29)33-36-37-34(46-33)45-18-22-8-6-7-9-24(22)35/h6-13,16-17,19,29,39H,4-5,14-15,18H2,1-3H3/b30-28+. The van der Waals surface area contributed by atoms with Gasteiger partial charge in [0.05, 0.1) is 24.8 Å². The van der Waals surface area contributed by atoms with Crippen LogP contribution in [0.4, 0.5) is 5.13 Å². The van der Waals surface area contributed by atoms with Gasteiger partial charge in [-0.15, -0.1) is 10.2 Å². The number of carbonyl (C=O) groups excluding carboxylic acids is 2. The van der Waals surface area contributed by atoms with Gasteiger partial charge in [-0.25, -0.2) is 0 Å². The molecule has 2 unspecified atom stereocenters. The van der Waals surface area contributed by atoms with Gasteiger partial charge in [-0.3, -0.25) is 14.5 Å². The maximum Gasteiger partial charge on any atom is 0.301 e. The monoisotopic (exact) mass is 677 g/mol. The van der Waals surface area contributed by atoms with Gasteiger partial charge >= 0.3 is 5.91 Å². The molecule has 238 valence electrons. The smallest absolute Gasteiger partial charge is 0.301 e. The van der Waals surface area contributed by atoms with Crippen molar-refractivity contribution in [1.29, 1.82) is 0 Å². The second kappa shape index (κ2) is 13.7. The number of fused-ring (bicyclic) bond motifs is 1. The molecule has 12 heteroatoms.